The normalized spacial score (nSPS) is 21.2. The minimum atomic E-state index is -0.230. The molecule has 0 spiro atoms. The second-order valence-electron chi connectivity index (χ2n) is 2.95. The fraction of sp³-hybridized carbons (Fsp3) is 0.200. The molecule has 13 heavy (non-hydrogen) atoms. The van der Waals surface area contributed by atoms with Crippen LogP contribution in [-0.4, -0.2) is 16.7 Å². The highest BCUT2D eigenvalue weighted by Crippen LogP contribution is 2.19. The Bertz CT molecular complexity index is 332. The number of amides is 2. The van der Waals surface area contributed by atoms with E-state index in [4.69, 9.17) is 0 Å². The van der Waals surface area contributed by atoms with Crippen LogP contribution in [0.4, 0.5) is 0 Å². The Labute approximate surface area is 76.0 Å². The minimum Gasteiger partial charge on any atom is -0.269 e. The predicted octanol–water partition coefficient (Wildman–Crippen LogP) is 1.15. The van der Waals surface area contributed by atoms with Crippen LogP contribution in [0.2, 0.25) is 0 Å². The Kier molecular flexibility index (Phi) is 1.85. The standard InChI is InChI=1S/C10H9NO2/c12-9-6-7-10(13)11(9)8-4-2-1-3-5-8/h1-2,5-7H,3-4H2. The maximum absolute atomic E-state index is 11.2. The van der Waals surface area contributed by atoms with Crippen LogP contribution >= 0.6 is 0 Å². The average molecular weight is 175 g/mol. The van der Waals surface area contributed by atoms with Gasteiger partial charge in [0.15, 0.2) is 0 Å². The summed E-state index contributed by atoms with van der Waals surface area (Å²) in [4.78, 5) is 23.7. The van der Waals surface area contributed by atoms with Gasteiger partial charge in [-0.1, -0.05) is 18.2 Å². The molecular weight excluding hydrogens is 166 g/mol. The summed E-state index contributed by atoms with van der Waals surface area (Å²) in [6.07, 6.45) is 9.97. The van der Waals surface area contributed by atoms with E-state index in [0.29, 0.717) is 6.42 Å². The van der Waals surface area contributed by atoms with Gasteiger partial charge in [-0.2, -0.15) is 0 Å². The Morgan fingerprint density at radius 1 is 1.08 bits per heavy atom. The summed E-state index contributed by atoms with van der Waals surface area (Å²) in [5.74, 6) is -0.460. The van der Waals surface area contributed by atoms with E-state index in [1.807, 2.05) is 18.2 Å². The summed E-state index contributed by atoms with van der Waals surface area (Å²) < 4.78 is 0. The lowest BCUT2D eigenvalue weighted by Crippen LogP contribution is -2.29. The number of allylic oxidation sites excluding steroid dienone is 3. The summed E-state index contributed by atoms with van der Waals surface area (Å²) in [6, 6.07) is 0. The molecule has 66 valence electrons. The maximum atomic E-state index is 11.2. The SMILES string of the molecule is O=C1C=CC(=O)N1C1=CCC=CC1. The zero-order chi connectivity index (χ0) is 9.26. The average Bonchev–Trinajstić information content (AvgIpc) is 2.48. The summed E-state index contributed by atoms with van der Waals surface area (Å²) in [6.45, 7) is 0. The fourth-order valence-corrected chi connectivity index (χ4v) is 1.45. The maximum Gasteiger partial charge on any atom is 0.257 e. The number of hydrogen-bond donors (Lipinski definition) is 0. The van der Waals surface area contributed by atoms with E-state index in [0.717, 1.165) is 12.1 Å². The number of nitrogens with zero attached hydrogens (tertiary/aromatic N) is 1. The third-order valence-electron chi connectivity index (χ3n) is 2.08. The van der Waals surface area contributed by atoms with Gasteiger partial charge >= 0.3 is 0 Å². The van der Waals surface area contributed by atoms with E-state index in [1.165, 1.54) is 17.1 Å². The van der Waals surface area contributed by atoms with Gasteiger partial charge < -0.3 is 0 Å². The first-order valence-electron chi connectivity index (χ1n) is 4.19. The molecule has 2 amide bonds. The molecule has 0 saturated heterocycles. The molecule has 1 aliphatic heterocycles. The van der Waals surface area contributed by atoms with Crippen molar-refractivity contribution in [3.8, 4) is 0 Å². The van der Waals surface area contributed by atoms with E-state index in [1.54, 1.807) is 0 Å². The molecule has 0 bridgehead atoms. The van der Waals surface area contributed by atoms with Crippen molar-refractivity contribution in [1.29, 1.82) is 0 Å². The van der Waals surface area contributed by atoms with E-state index in [9.17, 15) is 9.59 Å². The van der Waals surface area contributed by atoms with Gasteiger partial charge in [0, 0.05) is 24.3 Å². The lowest BCUT2D eigenvalue weighted by molar-refractivity contribution is -0.134. The molecule has 0 aromatic heterocycles. The molecule has 0 radical (unpaired) electrons. The second-order valence-corrected chi connectivity index (χ2v) is 2.95. The monoisotopic (exact) mass is 175 g/mol. The van der Waals surface area contributed by atoms with Crippen molar-refractivity contribution in [2.24, 2.45) is 0 Å². The van der Waals surface area contributed by atoms with Crippen LogP contribution in [-0.2, 0) is 9.59 Å². The van der Waals surface area contributed by atoms with Gasteiger partial charge in [-0.15, -0.1) is 0 Å². The zero-order valence-corrected chi connectivity index (χ0v) is 7.06. The third-order valence-corrected chi connectivity index (χ3v) is 2.08. The molecule has 3 nitrogen and oxygen atoms in total. The minimum absolute atomic E-state index is 0.230. The van der Waals surface area contributed by atoms with Crippen molar-refractivity contribution in [2.45, 2.75) is 12.8 Å². The van der Waals surface area contributed by atoms with E-state index in [-0.39, 0.29) is 11.8 Å². The summed E-state index contributed by atoms with van der Waals surface area (Å²) in [5, 5.41) is 0. The van der Waals surface area contributed by atoms with E-state index >= 15 is 0 Å². The smallest absolute Gasteiger partial charge is 0.257 e. The topological polar surface area (TPSA) is 37.4 Å². The Morgan fingerprint density at radius 2 is 1.77 bits per heavy atom. The largest absolute Gasteiger partial charge is 0.269 e. The highest BCUT2D eigenvalue weighted by molar-refractivity contribution is 6.14. The summed E-state index contributed by atoms with van der Waals surface area (Å²) >= 11 is 0. The first kappa shape index (κ1) is 7.98. The number of hydrogen-bond acceptors (Lipinski definition) is 2. The molecule has 0 fully saturated rings. The van der Waals surface area contributed by atoms with Crippen molar-refractivity contribution in [3.05, 3.63) is 36.1 Å². The van der Waals surface area contributed by atoms with Crippen LogP contribution in [0, 0.1) is 0 Å². The lowest BCUT2D eigenvalue weighted by atomic mass is 10.1. The number of imide groups is 1. The third kappa shape index (κ3) is 1.33. The van der Waals surface area contributed by atoms with Crippen LogP contribution in [0.25, 0.3) is 0 Å². The van der Waals surface area contributed by atoms with Crippen molar-refractivity contribution < 1.29 is 9.59 Å². The molecule has 2 rings (SSSR count). The number of rotatable bonds is 1. The van der Waals surface area contributed by atoms with Gasteiger partial charge in [0.25, 0.3) is 11.8 Å². The molecule has 0 aromatic rings. The molecule has 0 aromatic carbocycles. The molecule has 0 saturated carbocycles. The molecule has 1 heterocycles. The molecule has 0 N–H and O–H groups in total. The highest BCUT2D eigenvalue weighted by atomic mass is 16.2. The van der Waals surface area contributed by atoms with Gasteiger partial charge in [0.2, 0.25) is 0 Å². The molecule has 1 aliphatic carbocycles. The quantitative estimate of drug-likeness (QED) is 0.442. The van der Waals surface area contributed by atoms with Gasteiger partial charge in [0.1, 0.15) is 0 Å². The second kappa shape index (κ2) is 3.01. The van der Waals surface area contributed by atoms with Crippen molar-refractivity contribution >= 4 is 11.8 Å². The Balaban J connectivity index is 2.21. The molecule has 3 heteroatoms. The van der Waals surface area contributed by atoms with Crippen LogP contribution in [0.3, 0.4) is 0 Å². The summed E-state index contributed by atoms with van der Waals surface area (Å²) in [5.41, 5.74) is 0.794. The van der Waals surface area contributed by atoms with Crippen LogP contribution in [0.15, 0.2) is 36.1 Å². The lowest BCUT2D eigenvalue weighted by Gasteiger charge is -2.18. The Morgan fingerprint density at radius 3 is 2.31 bits per heavy atom. The van der Waals surface area contributed by atoms with Gasteiger partial charge in [-0.05, 0) is 6.42 Å². The van der Waals surface area contributed by atoms with Gasteiger partial charge in [-0.3, -0.25) is 9.59 Å². The molecule has 2 aliphatic rings. The highest BCUT2D eigenvalue weighted by Gasteiger charge is 2.26. The zero-order valence-electron chi connectivity index (χ0n) is 7.06. The van der Waals surface area contributed by atoms with Gasteiger partial charge in [-0.25, -0.2) is 4.90 Å². The first-order chi connectivity index (χ1) is 6.29. The number of carbonyl (C=O) groups excluding carboxylic acids is 2. The fourth-order valence-electron chi connectivity index (χ4n) is 1.45. The first-order valence-corrected chi connectivity index (χ1v) is 4.19. The summed E-state index contributed by atoms with van der Waals surface area (Å²) in [7, 11) is 0. The van der Waals surface area contributed by atoms with Crippen molar-refractivity contribution in [3.63, 3.8) is 0 Å². The van der Waals surface area contributed by atoms with Crippen LogP contribution < -0.4 is 0 Å². The number of carbonyl (C=O) groups is 2. The predicted molar refractivity (Wildman–Crippen MR) is 47.5 cm³/mol. The van der Waals surface area contributed by atoms with E-state index in [2.05, 4.69) is 0 Å². The van der Waals surface area contributed by atoms with Gasteiger partial charge in [0.05, 0.1) is 0 Å². The van der Waals surface area contributed by atoms with Crippen LogP contribution in [0.5, 0.6) is 0 Å². The van der Waals surface area contributed by atoms with E-state index < -0.39 is 0 Å². The van der Waals surface area contributed by atoms with Crippen molar-refractivity contribution in [2.75, 3.05) is 0 Å². The Hall–Kier alpha value is -1.64. The molecular formula is C10H9NO2. The molecule has 0 unspecified atom stereocenters. The van der Waals surface area contributed by atoms with Crippen molar-refractivity contribution in [1.82, 2.24) is 4.90 Å². The van der Waals surface area contributed by atoms with Crippen LogP contribution in [0.1, 0.15) is 12.8 Å². The molecule has 0 atom stereocenters.